The van der Waals surface area contributed by atoms with E-state index in [1.807, 2.05) is 19.9 Å². The van der Waals surface area contributed by atoms with Gasteiger partial charge in [-0.15, -0.1) is 0 Å². The molecule has 0 saturated carbocycles. The summed E-state index contributed by atoms with van der Waals surface area (Å²) < 4.78 is 0.902. The molecule has 0 saturated heterocycles. The minimum atomic E-state index is -0.109. The van der Waals surface area contributed by atoms with E-state index in [0.717, 1.165) is 16.5 Å². The van der Waals surface area contributed by atoms with Crippen LogP contribution in [0.25, 0.3) is 0 Å². The van der Waals surface area contributed by atoms with Gasteiger partial charge in [0, 0.05) is 30.7 Å². The zero-order valence-electron chi connectivity index (χ0n) is 12.4. The van der Waals surface area contributed by atoms with E-state index in [1.54, 1.807) is 31.1 Å². The number of hydrogen-bond acceptors (Lipinski definition) is 2. The van der Waals surface area contributed by atoms with Crippen LogP contribution in [0.1, 0.15) is 29.3 Å². The minimum Gasteiger partial charge on any atom is -0.347 e. The third-order valence-electron chi connectivity index (χ3n) is 3.02. The molecule has 0 fully saturated rings. The topological polar surface area (TPSA) is 40.6 Å². The molecule has 0 unspecified atom stereocenters. The largest absolute Gasteiger partial charge is 0.347 e. The van der Waals surface area contributed by atoms with Crippen LogP contribution in [0.4, 0.5) is 0 Å². The van der Waals surface area contributed by atoms with Crippen LogP contribution in [0, 0.1) is 6.92 Å². The maximum absolute atomic E-state index is 12.5. The monoisotopic (exact) mass is 340 g/mol. The molecule has 1 aromatic rings. The summed E-state index contributed by atoms with van der Waals surface area (Å²) in [5.74, 6) is -0.180. The van der Waals surface area contributed by atoms with Crippen LogP contribution in [0.5, 0.6) is 0 Å². The van der Waals surface area contributed by atoms with Gasteiger partial charge in [0.25, 0.3) is 5.91 Å². The average Bonchev–Trinajstić information content (AvgIpc) is 2.40. The number of aryl methyl sites for hydroxylation is 1. The highest BCUT2D eigenvalue weighted by Gasteiger charge is 2.19. The Morgan fingerprint density at radius 1 is 1.25 bits per heavy atom. The molecule has 0 bridgehead atoms. The van der Waals surface area contributed by atoms with E-state index in [1.165, 1.54) is 4.90 Å². The van der Waals surface area contributed by atoms with Gasteiger partial charge in [0.05, 0.1) is 0 Å². The Labute approximate surface area is 128 Å². The number of nitrogens with zero attached hydrogens (tertiary/aromatic N) is 2. The van der Waals surface area contributed by atoms with Crippen molar-refractivity contribution in [2.24, 2.45) is 0 Å². The highest BCUT2D eigenvalue weighted by molar-refractivity contribution is 9.10. The van der Waals surface area contributed by atoms with Crippen LogP contribution in [-0.2, 0) is 4.79 Å². The van der Waals surface area contributed by atoms with Crippen molar-refractivity contribution in [3.8, 4) is 0 Å². The van der Waals surface area contributed by atoms with E-state index in [4.69, 9.17) is 0 Å². The summed E-state index contributed by atoms with van der Waals surface area (Å²) >= 11 is 3.43. The third-order valence-corrected chi connectivity index (χ3v) is 3.88. The summed E-state index contributed by atoms with van der Waals surface area (Å²) in [6.45, 7) is 4.65. The van der Waals surface area contributed by atoms with Gasteiger partial charge in [0.1, 0.15) is 6.54 Å². The van der Waals surface area contributed by atoms with E-state index in [2.05, 4.69) is 15.9 Å². The van der Waals surface area contributed by atoms with Crippen LogP contribution in [-0.4, -0.2) is 48.8 Å². The number of carbonyl (C=O) groups is 2. The molecule has 0 heterocycles. The van der Waals surface area contributed by atoms with Crippen molar-refractivity contribution in [3.05, 3.63) is 33.8 Å². The Morgan fingerprint density at radius 2 is 1.90 bits per heavy atom. The van der Waals surface area contributed by atoms with E-state index in [-0.39, 0.29) is 18.4 Å². The summed E-state index contributed by atoms with van der Waals surface area (Å²) in [5.41, 5.74) is 1.68. The molecule has 1 aromatic carbocycles. The first-order valence-electron chi connectivity index (χ1n) is 6.62. The second-order valence-corrected chi connectivity index (χ2v) is 5.83. The molecule has 0 radical (unpaired) electrons. The van der Waals surface area contributed by atoms with E-state index >= 15 is 0 Å². The van der Waals surface area contributed by atoms with Gasteiger partial charge < -0.3 is 9.80 Å². The lowest BCUT2D eigenvalue weighted by Crippen LogP contribution is -2.40. The SMILES string of the molecule is CCCN(CC(=O)N(C)C)C(=O)c1ccc(C)c(Br)c1. The first-order chi connectivity index (χ1) is 9.36. The van der Waals surface area contributed by atoms with Gasteiger partial charge in [-0.25, -0.2) is 0 Å². The highest BCUT2D eigenvalue weighted by atomic mass is 79.9. The molecule has 0 spiro atoms. The molecule has 2 amide bonds. The van der Waals surface area contributed by atoms with Crippen molar-refractivity contribution < 1.29 is 9.59 Å². The molecule has 0 atom stereocenters. The molecule has 0 aliphatic rings. The molecule has 0 N–H and O–H groups in total. The Hall–Kier alpha value is -1.36. The van der Waals surface area contributed by atoms with Crippen molar-refractivity contribution in [2.45, 2.75) is 20.3 Å². The van der Waals surface area contributed by atoms with Crippen molar-refractivity contribution >= 4 is 27.7 Å². The van der Waals surface area contributed by atoms with E-state index in [9.17, 15) is 9.59 Å². The number of amides is 2. The van der Waals surface area contributed by atoms with Crippen LogP contribution >= 0.6 is 15.9 Å². The van der Waals surface area contributed by atoms with E-state index < -0.39 is 0 Å². The zero-order chi connectivity index (χ0) is 15.3. The smallest absolute Gasteiger partial charge is 0.254 e. The standard InChI is InChI=1S/C15H21BrN2O2/c1-5-8-18(10-14(19)17(3)4)15(20)12-7-6-11(2)13(16)9-12/h6-7,9H,5,8,10H2,1-4H3. The summed E-state index contributed by atoms with van der Waals surface area (Å²) in [6, 6.07) is 5.50. The lowest BCUT2D eigenvalue weighted by molar-refractivity contribution is -0.129. The molecule has 1 rings (SSSR count). The summed E-state index contributed by atoms with van der Waals surface area (Å²) in [7, 11) is 3.39. The van der Waals surface area contributed by atoms with Crippen molar-refractivity contribution in [1.29, 1.82) is 0 Å². The van der Waals surface area contributed by atoms with Gasteiger partial charge in [-0.2, -0.15) is 0 Å². The highest BCUT2D eigenvalue weighted by Crippen LogP contribution is 2.18. The van der Waals surface area contributed by atoms with Gasteiger partial charge in [-0.3, -0.25) is 9.59 Å². The molecule has 0 aromatic heterocycles. The number of carbonyl (C=O) groups excluding carboxylic acids is 2. The maximum atomic E-state index is 12.5. The zero-order valence-corrected chi connectivity index (χ0v) is 14.0. The van der Waals surface area contributed by atoms with E-state index in [0.29, 0.717) is 12.1 Å². The van der Waals surface area contributed by atoms with Gasteiger partial charge in [-0.1, -0.05) is 28.9 Å². The predicted octanol–water partition coefficient (Wildman–Crippen LogP) is 2.70. The Morgan fingerprint density at radius 3 is 2.40 bits per heavy atom. The van der Waals surface area contributed by atoms with Crippen LogP contribution in [0.3, 0.4) is 0 Å². The Bertz CT molecular complexity index is 501. The number of hydrogen-bond donors (Lipinski definition) is 0. The Kier molecular flexibility index (Phi) is 6.20. The minimum absolute atomic E-state index is 0.0713. The summed E-state index contributed by atoms with van der Waals surface area (Å²) in [5, 5.41) is 0. The Balaban J connectivity index is 2.92. The molecular weight excluding hydrogens is 320 g/mol. The molecule has 110 valence electrons. The number of likely N-dealkylation sites (N-methyl/N-ethyl adjacent to an activating group) is 1. The second kappa shape index (κ2) is 7.43. The van der Waals surface area contributed by atoms with Crippen LogP contribution in [0.2, 0.25) is 0 Å². The maximum Gasteiger partial charge on any atom is 0.254 e. The van der Waals surface area contributed by atoms with Gasteiger partial charge in [0.2, 0.25) is 5.91 Å². The first-order valence-corrected chi connectivity index (χ1v) is 7.41. The molecule has 4 nitrogen and oxygen atoms in total. The lowest BCUT2D eigenvalue weighted by Gasteiger charge is -2.23. The summed E-state index contributed by atoms with van der Waals surface area (Å²) in [4.78, 5) is 27.4. The average molecular weight is 341 g/mol. The lowest BCUT2D eigenvalue weighted by atomic mass is 10.1. The van der Waals surface area contributed by atoms with Crippen LogP contribution < -0.4 is 0 Å². The predicted molar refractivity (Wildman–Crippen MR) is 83.8 cm³/mol. The number of benzene rings is 1. The third kappa shape index (κ3) is 4.34. The number of rotatable bonds is 5. The van der Waals surface area contributed by atoms with Crippen molar-refractivity contribution in [3.63, 3.8) is 0 Å². The van der Waals surface area contributed by atoms with Crippen molar-refractivity contribution in [1.82, 2.24) is 9.80 Å². The molecule has 5 heteroatoms. The first kappa shape index (κ1) is 16.7. The van der Waals surface area contributed by atoms with Crippen LogP contribution in [0.15, 0.2) is 22.7 Å². The molecular formula is C15H21BrN2O2. The van der Waals surface area contributed by atoms with Gasteiger partial charge >= 0.3 is 0 Å². The molecule has 0 aliphatic heterocycles. The fourth-order valence-electron chi connectivity index (χ4n) is 1.74. The molecule has 20 heavy (non-hydrogen) atoms. The van der Waals surface area contributed by atoms with Gasteiger partial charge in [-0.05, 0) is 31.0 Å². The normalized spacial score (nSPS) is 10.2. The fourth-order valence-corrected chi connectivity index (χ4v) is 2.11. The number of halogens is 1. The summed E-state index contributed by atoms with van der Waals surface area (Å²) in [6.07, 6.45) is 0.819. The quantitative estimate of drug-likeness (QED) is 0.826. The van der Waals surface area contributed by atoms with Crippen molar-refractivity contribution in [2.75, 3.05) is 27.2 Å². The second-order valence-electron chi connectivity index (χ2n) is 4.98. The molecule has 0 aliphatic carbocycles. The van der Waals surface area contributed by atoms with Gasteiger partial charge in [0.15, 0.2) is 0 Å². The fraction of sp³-hybridized carbons (Fsp3) is 0.467.